The van der Waals surface area contributed by atoms with Crippen LogP contribution in [0.5, 0.6) is 0 Å². The van der Waals surface area contributed by atoms with Crippen LogP contribution < -0.4 is 5.73 Å². The van der Waals surface area contributed by atoms with Crippen LogP contribution in [-0.2, 0) is 9.47 Å². The van der Waals surface area contributed by atoms with Gasteiger partial charge in [-0.1, -0.05) is 26.2 Å². The van der Waals surface area contributed by atoms with Gasteiger partial charge in [0.1, 0.15) is 0 Å². The van der Waals surface area contributed by atoms with E-state index in [-0.39, 0.29) is 18.2 Å². The van der Waals surface area contributed by atoms with E-state index in [4.69, 9.17) is 15.2 Å². The molecule has 2 saturated carbocycles. The third kappa shape index (κ3) is 2.96. The van der Waals surface area contributed by atoms with Gasteiger partial charge in [0.05, 0.1) is 12.2 Å². The van der Waals surface area contributed by atoms with Gasteiger partial charge in [-0.3, -0.25) is 0 Å². The van der Waals surface area contributed by atoms with Gasteiger partial charge in [0.2, 0.25) is 0 Å². The zero-order valence-corrected chi connectivity index (χ0v) is 10.4. The summed E-state index contributed by atoms with van der Waals surface area (Å²) in [5.74, 6) is 0.934. The molecule has 0 heterocycles. The summed E-state index contributed by atoms with van der Waals surface area (Å²) in [6.07, 6.45) is 7.90. The molecule has 16 heavy (non-hydrogen) atoms. The van der Waals surface area contributed by atoms with E-state index in [0.29, 0.717) is 0 Å². The molecule has 3 nitrogen and oxygen atoms in total. The normalized spacial score (nSPS) is 34.5. The zero-order valence-electron chi connectivity index (χ0n) is 10.4. The second-order valence-corrected chi connectivity index (χ2v) is 5.23. The molecule has 0 spiro atoms. The fourth-order valence-electron chi connectivity index (χ4n) is 2.43. The van der Waals surface area contributed by atoms with Crippen LogP contribution in [0, 0.1) is 5.92 Å². The second kappa shape index (κ2) is 5.99. The van der Waals surface area contributed by atoms with Gasteiger partial charge in [-0.25, -0.2) is 0 Å². The van der Waals surface area contributed by atoms with Gasteiger partial charge in [-0.15, -0.1) is 0 Å². The Labute approximate surface area is 98.7 Å². The number of rotatable bonds is 7. The van der Waals surface area contributed by atoms with Crippen LogP contribution in [0.4, 0.5) is 0 Å². The maximum Gasteiger partial charge on any atom is 0.0988 e. The topological polar surface area (TPSA) is 44.5 Å². The molecule has 2 aliphatic carbocycles. The van der Waals surface area contributed by atoms with Crippen LogP contribution in [0.2, 0.25) is 0 Å². The fourth-order valence-corrected chi connectivity index (χ4v) is 2.43. The van der Waals surface area contributed by atoms with E-state index in [1.54, 1.807) is 0 Å². The Morgan fingerprint density at radius 3 is 2.56 bits per heavy atom. The van der Waals surface area contributed by atoms with E-state index in [0.717, 1.165) is 32.0 Å². The van der Waals surface area contributed by atoms with Crippen LogP contribution in [0.1, 0.15) is 45.4 Å². The van der Waals surface area contributed by atoms with Gasteiger partial charge in [0.25, 0.3) is 0 Å². The molecule has 3 atom stereocenters. The minimum atomic E-state index is 0.154. The van der Waals surface area contributed by atoms with E-state index in [1.165, 1.54) is 25.7 Å². The lowest BCUT2D eigenvalue weighted by atomic mass is 9.83. The van der Waals surface area contributed by atoms with Gasteiger partial charge in [0, 0.05) is 19.3 Å². The van der Waals surface area contributed by atoms with Crippen LogP contribution in [0.3, 0.4) is 0 Å². The highest BCUT2D eigenvalue weighted by Crippen LogP contribution is 2.31. The predicted octanol–water partition coefficient (Wildman–Crippen LogP) is 2.09. The first kappa shape index (κ1) is 12.3. The lowest BCUT2D eigenvalue weighted by molar-refractivity contribution is -0.141. The minimum Gasteiger partial charge on any atom is -0.375 e. The highest BCUT2D eigenvalue weighted by atomic mass is 16.5. The zero-order chi connectivity index (χ0) is 11.4. The molecular formula is C13H25NO2. The predicted molar refractivity (Wildman–Crippen MR) is 64.3 cm³/mol. The van der Waals surface area contributed by atoms with Crippen LogP contribution in [-0.4, -0.2) is 31.5 Å². The molecule has 2 fully saturated rings. The van der Waals surface area contributed by atoms with E-state index >= 15 is 0 Å². The lowest BCUT2D eigenvalue weighted by Crippen LogP contribution is -2.58. The number of hydrogen-bond acceptors (Lipinski definition) is 3. The van der Waals surface area contributed by atoms with Crippen molar-refractivity contribution in [2.24, 2.45) is 11.7 Å². The van der Waals surface area contributed by atoms with Gasteiger partial charge in [-0.05, 0) is 25.2 Å². The fraction of sp³-hybridized carbons (Fsp3) is 1.00. The SMILES string of the molecule is CCCOC1C(N)CC1OCCC1CCC1. The molecule has 0 amide bonds. The Morgan fingerprint density at radius 2 is 2.00 bits per heavy atom. The molecular weight excluding hydrogens is 202 g/mol. The molecule has 3 unspecified atom stereocenters. The first-order valence-corrected chi connectivity index (χ1v) is 6.80. The second-order valence-electron chi connectivity index (χ2n) is 5.23. The number of nitrogens with two attached hydrogens (primary N) is 1. The highest BCUT2D eigenvalue weighted by Gasteiger charge is 2.40. The van der Waals surface area contributed by atoms with Crippen molar-refractivity contribution in [1.29, 1.82) is 0 Å². The van der Waals surface area contributed by atoms with Crippen molar-refractivity contribution in [3.8, 4) is 0 Å². The molecule has 2 rings (SSSR count). The van der Waals surface area contributed by atoms with E-state index in [1.807, 2.05) is 0 Å². The smallest absolute Gasteiger partial charge is 0.0988 e. The Bertz CT molecular complexity index is 206. The van der Waals surface area contributed by atoms with Crippen molar-refractivity contribution < 1.29 is 9.47 Å². The number of hydrogen-bond donors (Lipinski definition) is 1. The molecule has 0 bridgehead atoms. The molecule has 0 aromatic rings. The third-order valence-corrected chi connectivity index (χ3v) is 3.89. The van der Waals surface area contributed by atoms with Crippen molar-refractivity contribution >= 4 is 0 Å². The lowest BCUT2D eigenvalue weighted by Gasteiger charge is -2.42. The van der Waals surface area contributed by atoms with Gasteiger partial charge in [-0.2, -0.15) is 0 Å². The molecule has 2 N–H and O–H groups in total. The summed E-state index contributed by atoms with van der Waals surface area (Å²) >= 11 is 0. The summed E-state index contributed by atoms with van der Waals surface area (Å²) in [6.45, 7) is 3.82. The number of ether oxygens (including phenoxy) is 2. The Morgan fingerprint density at radius 1 is 1.19 bits per heavy atom. The average Bonchev–Trinajstić information content (AvgIpc) is 2.20. The van der Waals surface area contributed by atoms with Crippen molar-refractivity contribution in [2.45, 2.75) is 63.7 Å². The van der Waals surface area contributed by atoms with E-state index in [9.17, 15) is 0 Å². The highest BCUT2D eigenvalue weighted by molar-refractivity contribution is 4.95. The Hall–Kier alpha value is -0.120. The molecule has 0 radical (unpaired) electrons. The Balaban J connectivity index is 1.57. The molecule has 94 valence electrons. The summed E-state index contributed by atoms with van der Waals surface area (Å²) in [7, 11) is 0. The molecule has 2 aliphatic rings. The first-order valence-electron chi connectivity index (χ1n) is 6.80. The molecule has 3 heteroatoms. The minimum absolute atomic E-state index is 0.154. The van der Waals surface area contributed by atoms with Crippen LogP contribution in [0.25, 0.3) is 0 Å². The summed E-state index contributed by atoms with van der Waals surface area (Å²) in [6, 6.07) is 0.195. The van der Waals surface area contributed by atoms with Crippen LogP contribution in [0.15, 0.2) is 0 Å². The summed E-state index contributed by atoms with van der Waals surface area (Å²) in [5, 5.41) is 0. The van der Waals surface area contributed by atoms with Crippen molar-refractivity contribution in [3.63, 3.8) is 0 Å². The third-order valence-electron chi connectivity index (χ3n) is 3.89. The molecule has 0 saturated heterocycles. The summed E-state index contributed by atoms with van der Waals surface area (Å²) < 4.78 is 11.6. The largest absolute Gasteiger partial charge is 0.375 e. The monoisotopic (exact) mass is 227 g/mol. The van der Waals surface area contributed by atoms with Crippen molar-refractivity contribution in [1.82, 2.24) is 0 Å². The van der Waals surface area contributed by atoms with Crippen LogP contribution >= 0.6 is 0 Å². The molecule has 0 aromatic heterocycles. The van der Waals surface area contributed by atoms with Gasteiger partial charge < -0.3 is 15.2 Å². The summed E-state index contributed by atoms with van der Waals surface area (Å²) in [5.41, 5.74) is 5.92. The quantitative estimate of drug-likeness (QED) is 0.724. The van der Waals surface area contributed by atoms with Gasteiger partial charge in [0.15, 0.2) is 0 Å². The van der Waals surface area contributed by atoms with E-state index < -0.39 is 0 Å². The first-order chi connectivity index (χ1) is 7.81. The molecule has 0 aliphatic heterocycles. The van der Waals surface area contributed by atoms with Crippen molar-refractivity contribution in [3.05, 3.63) is 0 Å². The van der Waals surface area contributed by atoms with Crippen molar-refractivity contribution in [2.75, 3.05) is 13.2 Å². The van der Waals surface area contributed by atoms with Gasteiger partial charge >= 0.3 is 0 Å². The standard InChI is InChI=1S/C13H25NO2/c1-2-7-16-13-11(14)9-12(13)15-8-6-10-4-3-5-10/h10-13H,2-9,14H2,1H3. The van der Waals surface area contributed by atoms with E-state index in [2.05, 4.69) is 6.92 Å². The maximum absolute atomic E-state index is 5.92. The molecule has 0 aromatic carbocycles. The summed E-state index contributed by atoms with van der Waals surface area (Å²) in [4.78, 5) is 0. The Kier molecular flexibility index (Phi) is 4.62. The average molecular weight is 227 g/mol. The maximum atomic E-state index is 5.92.